The Morgan fingerprint density at radius 2 is 1.95 bits per heavy atom. The molecular weight excluding hydrogens is 246 g/mol. The van der Waals surface area contributed by atoms with Crippen molar-refractivity contribution in [3.8, 4) is 0 Å². The van der Waals surface area contributed by atoms with Crippen molar-refractivity contribution in [2.24, 2.45) is 5.92 Å². The normalized spacial score (nSPS) is 24.9. The number of aryl methyl sites for hydroxylation is 2. The van der Waals surface area contributed by atoms with Crippen molar-refractivity contribution >= 4 is 0 Å². The molecule has 0 amide bonds. The summed E-state index contributed by atoms with van der Waals surface area (Å²) in [6, 6.07) is 7.71. The summed E-state index contributed by atoms with van der Waals surface area (Å²) in [5.41, 5.74) is 4.15. The molecule has 0 bridgehead atoms. The molecule has 1 aliphatic rings. The molecule has 2 rings (SSSR count). The highest BCUT2D eigenvalue weighted by Crippen LogP contribution is 2.24. The van der Waals surface area contributed by atoms with Crippen molar-refractivity contribution in [3.05, 3.63) is 34.9 Å². The van der Waals surface area contributed by atoms with Gasteiger partial charge in [0.25, 0.3) is 0 Å². The smallest absolute Gasteiger partial charge is 0.0612 e. The van der Waals surface area contributed by atoms with Crippen molar-refractivity contribution in [2.45, 2.75) is 65.6 Å². The van der Waals surface area contributed by atoms with Crippen LogP contribution >= 0.6 is 0 Å². The first-order valence-electron chi connectivity index (χ1n) is 7.92. The highest BCUT2D eigenvalue weighted by Gasteiger charge is 2.26. The second kappa shape index (κ2) is 6.73. The molecule has 3 unspecified atom stereocenters. The molecule has 1 aromatic carbocycles. The summed E-state index contributed by atoms with van der Waals surface area (Å²) in [6.07, 6.45) is 2.66. The highest BCUT2D eigenvalue weighted by molar-refractivity contribution is 5.32. The third-order valence-electron chi connectivity index (χ3n) is 4.45. The summed E-state index contributed by atoms with van der Waals surface area (Å²) in [7, 11) is 0. The lowest BCUT2D eigenvalue weighted by atomic mass is 9.93. The molecule has 0 radical (unpaired) electrons. The summed E-state index contributed by atoms with van der Waals surface area (Å²) in [5, 5.41) is 3.81. The fraction of sp³-hybridized carbons (Fsp3) is 0.667. The maximum atomic E-state index is 5.86. The van der Waals surface area contributed by atoms with Crippen LogP contribution in [0.3, 0.4) is 0 Å². The molecule has 0 aromatic heterocycles. The molecule has 3 atom stereocenters. The quantitative estimate of drug-likeness (QED) is 0.891. The summed E-state index contributed by atoms with van der Waals surface area (Å²) < 4.78 is 5.86. The zero-order chi connectivity index (χ0) is 14.7. The Balaban J connectivity index is 2.00. The summed E-state index contributed by atoms with van der Waals surface area (Å²) in [5.74, 6) is 0.607. The first-order valence-corrected chi connectivity index (χ1v) is 7.92. The fourth-order valence-corrected chi connectivity index (χ4v) is 3.11. The predicted molar refractivity (Wildman–Crippen MR) is 85.1 cm³/mol. The molecule has 1 aromatic rings. The van der Waals surface area contributed by atoms with Gasteiger partial charge in [-0.15, -0.1) is 0 Å². The number of benzene rings is 1. The molecule has 1 aliphatic heterocycles. The Morgan fingerprint density at radius 1 is 1.20 bits per heavy atom. The number of hydrogen-bond acceptors (Lipinski definition) is 2. The number of rotatable bonds is 4. The van der Waals surface area contributed by atoms with Crippen molar-refractivity contribution in [2.75, 3.05) is 6.61 Å². The molecule has 20 heavy (non-hydrogen) atoms. The van der Waals surface area contributed by atoms with E-state index in [0.29, 0.717) is 24.1 Å². The molecule has 0 aliphatic carbocycles. The molecule has 1 heterocycles. The largest absolute Gasteiger partial charge is 0.378 e. The van der Waals surface area contributed by atoms with Crippen molar-refractivity contribution < 1.29 is 4.74 Å². The standard InChI is InChI=1S/C18H29NO/c1-12(2)18-11-16(8-9-20-18)19-15(5)17-10-13(3)6-7-14(17)4/h6-7,10,12,15-16,18-19H,8-9,11H2,1-5H3. The monoisotopic (exact) mass is 275 g/mol. The molecule has 112 valence electrons. The van der Waals surface area contributed by atoms with Crippen molar-refractivity contribution in [1.82, 2.24) is 5.32 Å². The second-order valence-corrected chi connectivity index (χ2v) is 6.62. The fourth-order valence-electron chi connectivity index (χ4n) is 3.11. The lowest BCUT2D eigenvalue weighted by molar-refractivity contribution is -0.0257. The van der Waals surface area contributed by atoms with Crippen LogP contribution in [0.4, 0.5) is 0 Å². The van der Waals surface area contributed by atoms with Crippen LogP contribution in [0.25, 0.3) is 0 Å². The molecule has 2 heteroatoms. The van der Waals surface area contributed by atoms with Gasteiger partial charge in [0.05, 0.1) is 6.10 Å². The third-order valence-corrected chi connectivity index (χ3v) is 4.45. The van der Waals surface area contributed by atoms with Crippen LogP contribution < -0.4 is 5.32 Å². The summed E-state index contributed by atoms with van der Waals surface area (Å²) in [4.78, 5) is 0. The number of ether oxygens (including phenoxy) is 1. The average Bonchev–Trinajstić information content (AvgIpc) is 2.41. The second-order valence-electron chi connectivity index (χ2n) is 6.62. The van der Waals surface area contributed by atoms with Crippen LogP contribution in [-0.2, 0) is 4.74 Å². The SMILES string of the molecule is Cc1ccc(C)c(C(C)NC2CCOC(C(C)C)C2)c1. The molecular formula is C18H29NO. The van der Waals surface area contributed by atoms with Crippen molar-refractivity contribution in [3.63, 3.8) is 0 Å². The van der Waals surface area contributed by atoms with E-state index in [4.69, 9.17) is 4.74 Å². The van der Waals surface area contributed by atoms with Crippen LogP contribution in [-0.4, -0.2) is 18.8 Å². The van der Waals surface area contributed by atoms with Crippen LogP contribution in [0.2, 0.25) is 0 Å². The van der Waals surface area contributed by atoms with E-state index < -0.39 is 0 Å². The molecule has 1 fully saturated rings. The van der Waals surface area contributed by atoms with Gasteiger partial charge in [0.1, 0.15) is 0 Å². The average molecular weight is 275 g/mol. The third kappa shape index (κ3) is 3.83. The highest BCUT2D eigenvalue weighted by atomic mass is 16.5. The first kappa shape index (κ1) is 15.5. The minimum Gasteiger partial charge on any atom is -0.378 e. The lowest BCUT2D eigenvalue weighted by Crippen LogP contribution is -2.41. The Labute approximate surface area is 123 Å². The van der Waals surface area contributed by atoms with E-state index in [2.05, 4.69) is 58.1 Å². The van der Waals surface area contributed by atoms with Crippen LogP contribution in [0.15, 0.2) is 18.2 Å². The Hall–Kier alpha value is -0.860. The predicted octanol–water partition coefficient (Wildman–Crippen LogP) is 4.16. The Morgan fingerprint density at radius 3 is 2.65 bits per heavy atom. The Bertz CT molecular complexity index is 441. The van der Waals surface area contributed by atoms with Gasteiger partial charge in [-0.2, -0.15) is 0 Å². The van der Waals surface area contributed by atoms with E-state index in [1.54, 1.807) is 0 Å². The van der Waals surface area contributed by atoms with Gasteiger partial charge in [-0.05, 0) is 50.7 Å². The number of hydrogen-bond donors (Lipinski definition) is 1. The first-order chi connectivity index (χ1) is 9.47. The van der Waals surface area contributed by atoms with E-state index in [1.807, 2.05) is 0 Å². The van der Waals surface area contributed by atoms with E-state index >= 15 is 0 Å². The minimum absolute atomic E-state index is 0.408. The topological polar surface area (TPSA) is 21.3 Å². The maximum absolute atomic E-state index is 5.86. The zero-order valence-electron chi connectivity index (χ0n) is 13.6. The molecule has 0 saturated carbocycles. The molecule has 1 saturated heterocycles. The van der Waals surface area contributed by atoms with Gasteiger partial charge in [0.2, 0.25) is 0 Å². The van der Waals surface area contributed by atoms with Gasteiger partial charge in [-0.25, -0.2) is 0 Å². The maximum Gasteiger partial charge on any atom is 0.0612 e. The minimum atomic E-state index is 0.408. The van der Waals surface area contributed by atoms with Gasteiger partial charge < -0.3 is 10.1 Å². The van der Waals surface area contributed by atoms with Gasteiger partial charge in [0.15, 0.2) is 0 Å². The molecule has 0 spiro atoms. The van der Waals surface area contributed by atoms with E-state index in [1.165, 1.54) is 16.7 Å². The Kier molecular flexibility index (Phi) is 5.22. The van der Waals surface area contributed by atoms with E-state index in [0.717, 1.165) is 19.4 Å². The van der Waals surface area contributed by atoms with Crippen LogP contribution in [0.5, 0.6) is 0 Å². The summed E-state index contributed by atoms with van der Waals surface area (Å²) >= 11 is 0. The zero-order valence-corrected chi connectivity index (χ0v) is 13.6. The number of nitrogens with one attached hydrogen (secondary N) is 1. The van der Waals surface area contributed by atoms with Crippen LogP contribution in [0, 0.1) is 19.8 Å². The van der Waals surface area contributed by atoms with Gasteiger partial charge in [0, 0.05) is 18.7 Å². The molecule has 1 N–H and O–H groups in total. The van der Waals surface area contributed by atoms with Crippen LogP contribution in [0.1, 0.15) is 56.3 Å². The van der Waals surface area contributed by atoms with E-state index in [-0.39, 0.29) is 0 Å². The molecule has 2 nitrogen and oxygen atoms in total. The van der Waals surface area contributed by atoms with E-state index in [9.17, 15) is 0 Å². The van der Waals surface area contributed by atoms with Crippen molar-refractivity contribution in [1.29, 1.82) is 0 Å². The summed E-state index contributed by atoms with van der Waals surface area (Å²) in [6.45, 7) is 12.0. The van der Waals surface area contributed by atoms with Gasteiger partial charge >= 0.3 is 0 Å². The van der Waals surface area contributed by atoms with Gasteiger partial charge in [-0.1, -0.05) is 37.6 Å². The van der Waals surface area contributed by atoms with Gasteiger partial charge in [-0.3, -0.25) is 0 Å². The lowest BCUT2D eigenvalue weighted by Gasteiger charge is -2.34.